The number of aromatic nitrogens is 2. The van der Waals surface area contributed by atoms with Crippen LogP contribution in [0.2, 0.25) is 0 Å². The zero-order chi connectivity index (χ0) is 17.3. The molecule has 2 aromatic heterocycles. The van der Waals surface area contributed by atoms with E-state index < -0.39 is 0 Å². The van der Waals surface area contributed by atoms with E-state index in [1.807, 2.05) is 18.2 Å². The molecule has 0 atom stereocenters. The molecule has 0 saturated heterocycles. The maximum absolute atomic E-state index is 12.5. The number of Topliss-reactive ketones (excluding diaryl/α,β-unsaturated/α-hetero) is 1. The van der Waals surface area contributed by atoms with Crippen LogP contribution >= 0.6 is 11.3 Å². The molecule has 122 valence electrons. The third-order valence-corrected chi connectivity index (χ3v) is 4.75. The van der Waals surface area contributed by atoms with Crippen molar-refractivity contribution in [2.24, 2.45) is 0 Å². The van der Waals surface area contributed by atoms with E-state index >= 15 is 0 Å². The van der Waals surface area contributed by atoms with Crippen LogP contribution in [-0.4, -0.2) is 21.2 Å². The first-order valence-electron chi connectivity index (χ1n) is 7.31. The zero-order valence-electron chi connectivity index (χ0n) is 13.2. The number of nitrogens with zero attached hydrogens (tertiary/aromatic N) is 2. The lowest BCUT2D eigenvalue weighted by Gasteiger charge is -2.04. The Labute approximate surface area is 141 Å². The first-order chi connectivity index (χ1) is 11.5. The lowest BCUT2D eigenvalue weighted by Crippen LogP contribution is -2.23. The highest BCUT2D eigenvalue weighted by atomic mass is 32.1. The molecule has 0 bridgehead atoms. The number of rotatable bonds is 4. The van der Waals surface area contributed by atoms with Crippen molar-refractivity contribution in [2.45, 2.75) is 20.4 Å². The van der Waals surface area contributed by atoms with Gasteiger partial charge in [-0.05, 0) is 31.5 Å². The summed E-state index contributed by atoms with van der Waals surface area (Å²) >= 11 is 1.17. The Balaban J connectivity index is 2.02. The van der Waals surface area contributed by atoms with Crippen molar-refractivity contribution in [3.8, 4) is 0 Å². The number of anilines is 1. The van der Waals surface area contributed by atoms with Gasteiger partial charge in [0.2, 0.25) is 0 Å². The van der Waals surface area contributed by atoms with Gasteiger partial charge >= 0.3 is 0 Å². The van der Waals surface area contributed by atoms with Gasteiger partial charge in [0.25, 0.3) is 11.5 Å². The van der Waals surface area contributed by atoms with Crippen LogP contribution in [0.15, 0.2) is 41.5 Å². The van der Waals surface area contributed by atoms with Gasteiger partial charge in [0, 0.05) is 5.69 Å². The van der Waals surface area contributed by atoms with Gasteiger partial charge in [0.1, 0.15) is 10.6 Å². The number of fused-ring (bicyclic) bond motifs is 1. The molecule has 0 aliphatic heterocycles. The van der Waals surface area contributed by atoms with Crippen molar-refractivity contribution in [2.75, 3.05) is 5.32 Å². The predicted molar refractivity (Wildman–Crippen MR) is 93.7 cm³/mol. The van der Waals surface area contributed by atoms with Crippen molar-refractivity contribution in [1.29, 1.82) is 0 Å². The third-order valence-electron chi connectivity index (χ3n) is 3.55. The van der Waals surface area contributed by atoms with E-state index in [1.54, 1.807) is 19.1 Å². The van der Waals surface area contributed by atoms with Crippen molar-refractivity contribution in [1.82, 2.24) is 9.55 Å². The summed E-state index contributed by atoms with van der Waals surface area (Å²) in [6.45, 7) is 3.11. The number of hydrogen-bond acceptors (Lipinski definition) is 5. The van der Waals surface area contributed by atoms with E-state index in [0.717, 1.165) is 0 Å². The van der Waals surface area contributed by atoms with Crippen LogP contribution in [0.1, 0.15) is 22.2 Å². The summed E-state index contributed by atoms with van der Waals surface area (Å²) < 4.78 is 1.27. The molecule has 0 aliphatic rings. The van der Waals surface area contributed by atoms with Gasteiger partial charge in [0.05, 0.1) is 23.1 Å². The van der Waals surface area contributed by atoms with E-state index in [9.17, 15) is 14.4 Å². The average Bonchev–Trinajstić information content (AvgIpc) is 2.88. The maximum atomic E-state index is 12.5. The van der Waals surface area contributed by atoms with Crippen LogP contribution in [0.3, 0.4) is 0 Å². The maximum Gasteiger partial charge on any atom is 0.266 e. The number of para-hydroxylation sites is 1. The molecule has 0 radical (unpaired) electrons. The molecule has 0 spiro atoms. The quantitative estimate of drug-likeness (QED) is 0.791. The second-order valence-corrected chi connectivity index (χ2v) is 6.44. The number of aryl methyl sites for hydroxylation is 1. The largest absolute Gasteiger partial charge is 0.321 e. The van der Waals surface area contributed by atoms with Gasteiger partial charge in [-0.2, -0.15) is 0 Å². The highest BCUT2D eigenvalue weighted by molar-refractivity contribution is 7.20. The molecule has 1 aromatic carbocycles. The minimum atomic E-state index is -0.303. The molecular weight excluding hydrogens is 326 g/mol. The topological polar surface area (TPSA) is 81.1 Å². The third kappa shape index (κ3) is 2.98. The van der Waals surface area contributed by atoms with Crippen LogP contribution in [0.25, 0.3) is 10.2 Å². The molecule has 0 unspecified atom stereocenters. The molecule has 3 rings (SSSR count). The number of amides is 1. The van der Waals surface area contributed by atoms with Crippen molar-refractivity contribution < 1.29 is 9.59 Å². The minimum Gasteiger partial charge on any atom is -0.321 e. The molecule has 2 heterocycles. The fourth-order valence-corrected chi connectivity index (χ4v) is 3.47. The SMILES string of the molecule is CC(=O)Cn1cnc2sc(C(=O)Nc3ccccc3)c(C)c2c1=O. The molecule has 1 amide bonds. The first kappa shape index (κ1) is 16.1. The normalized spacial score (nSPS) is 10.8. The molecule has 24 heavy (non-hydrogen) atoms. The number of carbonyl (C=O) groups is 2. The lowest BCUT2D eigenvalue weighted by atomic mass is 10.2. The standard InChI is InChI=1S/C17H15N3O3S/c1-10(21)8-20-9-18-16-13(17(20)23)11(2)14(24-16)15(22)19-12-6-4-3-5-7-12/h3-7,9H,8H2,1-2H3,(H,19,22). The second kappa shape index (κ2) is 6.37. The smallest absolute Gasteiger partial charge is 0.266 e. The van der Waals surface area contributed by atoms with Crippen molar-refractivity contribution >= 4 is 38.9 Å². The number of benzene rings is 1. The first-order valence-corrected chi connectivity index (χ1v) is 8.13. The van der Waals surface area contributed by atoms with Gasteiger partial charge in [-0.15, -0.1) is 11.3 Å². The highest BCUT2D eigenvalue weighted by Gasteiger charge is 2.19. The van der Waals surface area contributed by atoms with Gasteiger partial charge in [-0.1, -0.05) is 18.2 Å². The molecule has 0 fully saturated rings. The molecule has 0 aliphatic carbocycles. The van der Waals surface area contributed by atoms with E-state index in [0.29, 0.717) is 26.3 Å². The summed E-state index contributed by atoms with van der Waals surface area (Å²) in [5.41, 5.74) is 0.961. The highest BCUT2D eigenvalue weighted by Crippen LogP contribution is 2.27. The Morgan fingerprint density at radius 1 is 1.25 bits per heavy atom. The van der Waals surface area contributed by atoms with Gasteiger partial charge in [0.15, 0.2) is 0 Å². The summed E-state index contributed by atoms with van der Waals surface area (Å²) in [5.74, 6) is -0.410. The number of nitrogens with one attached hydrogen (secondary N) is 1. The van der Waals surface area contributed by atoms with Crippen LogP contribution in [0.5, 0.6) is 0 Å². The van der Waals surface area contributed by atoms with Crippen molar-refractivity contribution in [3.05, 3.63) is 57.5 Å². The summed E-state index contributed by atoms with van der Waals surface area (Å²) in [4.78, 5) is 41.4. The Morgan fingerprint density at radius 2 is 1.96 bits per heavy atom. The fourth-order valence-electron chi connectivity index (χ4n) is 2.44. The molecule has 6 nitrogen and oxygen atoms in total. The molecule has 3 aromatic rings. The summed E-state index contributed by atoms with van der Waals surface area (Å²) in [7, 11) is 0. The molecule has 0 saturated carbocycles. The fraction of sp³-hybridized carbons (Fsp3) is 0.176. The van der Waals surface area contributed by atoms with Gasteiger partial charge < -0.3 is 5.32 Å². The molecule has 7 heteroatoms. The van der Waals surface area contributed by atoms with Crippen LogP contribution < -0.4 is 10.9 Å². The second-order valence-electron chi connectivity index (χ2n) is 5.44. The Bertz CT molecular complexity index is 989. The van der Waals surface area contributed by atoms with Crippen LogP contribution in [-0.2, 0) is 11.3 Å². The van der Waals surface area contributed by atoms with E-state index in [1.165, 1.54) is 29.2 Å². The van der Waals surface area contributed by atoms with Gasteiger partial charge in [-0.25, -0.2) is 4.98 Å². The number of hydrogen-bond donors (Lipinski definition) is 1. The summed E-state index contributed by atoms with van der Waals surface area (Å²) in [6.07, 6.45) is 1.35. The number of thiophene rings is 1. The number of ketones is 1. The van der Waals surface area contributed by atoms with E-state index in [4.69, 9.17) is 0 Å². The van der Waals surface area contributed by atoms with Crippen molar-refractivity contribution in [3.63, 3.8) is 0 Å². The van der Waals surface area contributed by atoms with Crippen LogP contribution in [0, 0.1) is 6.92 Å². The lowest BCUT2D eigenvalue weighted by molar-refractivity contribution is -0.117. The van der Waals surface area contributed by atoms with Crippen LogP contribution in [0.4, 0.5) is 5.69 Å². The summed E-state index contributed by atoms with van der Waals surface area (Å²) in [5, 5.41) is 3.20. The van der Waals surface area contributed by atoms with Gasteiger partial charge in [-0.3, -0.25) is 19.0 Å². The minimum absolute atomic E-state index is 0.0252. The summed E-state index contributed by atoms with van der Waals surface area (Å²) in [6, 6.07) is 9.10. The average molecular weight is 341 g/mol. The molecule has 1 N–H and O–H groups in total. The zero-order valence-corrected chi connectivity index (χ0v) is 14.0. The Kier molecular flexibility index (Phi) is 4.26. The number of carbonyl (C=O) groups excluding carboxylic acids is 2. The molecular formula is C17H15N3O3S. The monoisotopic (exact) mass is 341 g/mol. The Hall–Kier alpha value is -2.80. The van der Waals surface area contributed by atoms with E-state index in [2.05, 4.69) is 10.3 Å². The Morgan fingerprint density at radius 3 is 2.62 bits per heavy atom. The predicted octanol–water partition coefficient (Wildman–Crippen LogP) is 2.61. The van der Waals surface area contributed by atoms with E-state index in [-0.39, 0.29) is 23.8 Å².